The van der Waals surface area contributed by atoms with Gasteiger partial charge in [-0.3, -0.25) is 0 Å². The summed E-state index contributed by atoms with van der Waals surface area (Å²) < 4.78 is 24.1. The first kappa shape index (κ1) is 13.0. The molecule has 0 saturated carbocycles. The molecule has 2 N–H and O–H groups in total. The summed E-state index contributed by atoms with van der Waals surface area (Å²) in [5.74, 6) is -0.0503. The highest BCUT2D eigenvalue weighted by Gasteiger charge is 2.17. The summed E-state index contributed by atoms with van der Waals surface area (Å²) >= 11 is 3.12. The third-order valence-corrected chi connectivity index (χ3v) is 2.58. The molecule has 0 atom stereocenters. The lowest BCUT2D eigenvalue weighted by molar-refractivity contribution is 0.336. The lowest BCUT2D eigenvalue weighted by Gasteiger charge is -2.12. The van der Waals surface area contributed by atoms with E-state index >= 15 is 0 Å². The smallest absolute Gasteiger partial charge is 0.198 e. The average molecular weight is 290 g/mol. The second-order valence-corrected chi connectivity index (χ2v) is 3.82. The molecule has 0 amide bonds. The summed E-state index contributed by atoms with van der Waals surface area (Å²) in [6.45, 7) is 0.403. The van der Waals surface area contributed by atoms with Gasteiger partial charge in [-0.05, 0) is 22.0 Å². The van der Waals surface area contributed by atoms with Crippen molar-refractivity contribution in [1.29, 1.82) is 0 Å². The van der Waals surface area contributed by atoms with Gasteiger partial charge in [0.25, 0.3) is 0 Å². The van der Waals surface area contributed by atoms with E-state index in [0.717, 1.165) is 0 Å². The van der Waals surface area contributed by atoms with Gasteiger partial charge in [0.05, 0.1) is 18.7 Å². The molecule has 3 nitrogen and oxygen atoms in total. The molecule has 0 spiro atoms. The Labute approximate surface area is 102 Å². The van der Waals surface area contributed by atoms with Gasteiger partial charge < -0.3 is 15.2 Å². The van der Waals surface area contributed by atoms with E-state index in [1.807, 2.05) is 0 Å². The first-order valence-electron chi connectivity index (χ1n) is 4.62. The zero-order chi connectivity index (χ0) is 12.1. The Balaban J connectivity index is 3.37. The van der Waals surface area contributed by atoms with Gasteiger partial charge in [0.1, 0.15) is 0 Å². The van der Waals surface area contributed by atoms with Crippen LogP contribution < -0.4 is 15.2 Å². The number of ether oxygens (including phenoxy) is 2. The third-order valence-electron chi connectivity index (χ3n) is 2.00. The molecule has 5 heteroatoms. The summed E-state index contributed by atoms with van der Waals surface area (Å²) in [7, 11) is 2.86. The summed E-state index contributed by atoms with van der Waals surface area (Å²) in [5, 5.41) is 0. The van der Waals surface area contributed by atoms with Crippen molar-refractivity contribution in [3.05, 3.63) is 28.0 Å². The van der Waals surface area contributed by atoms with Crippen molar-refractivity contribution >= 4 is 22.0 Å². The van der Waals surface area contributed by atoms with E-state index in [0.29, 0.717) is 22.3 Å². The average Bonchev–Trinajstić information content (AvgIpc) is 2.29. The minimum absolute atomic E-state index is 0.0774. The summed E-state index contributed by atoms with van der Waals surface area (Å²) in [4.78, 5) is 0. The fourth-order valence-corrected chi connectivity index (χ4v) is 1.74. The molecule has 88 valence electrons. The van der Waals surface area contributed by atoms with Crippen LogP contribution in [0.15, 0.2) is 16.6 Å². The summed E-state index contributed by atoms with van der Waals surface area (Å²) in [6, 6.07) is 1.61. The normalized spacial score (nSPS) is 10.8. The van der Waals surface area contributed by atoms with Gasteiger partial charge in [-0.1, -0.05) is 12.2 Å². The molecule has 0 unspecified atom stereocenters. The van der Waals surface area contributed by atoms with Crippen LogP contribution in [0.5, 0.6) is 11.5 Å². The number of hydrogen-bond donors (Lipinski definition) is 1. The van der Waals surface area contributed by atoms with Crippen LogP contribution in [0.25, 0.3) is 6.08 Å². The van der Waals surface area contributed by atoms with Crippen molar-refractivity contribution in [2.75, 3.05) is 20.8 Å². The molecule has 0 aliphatic rings. The Kier molecular flexibility index (Phi) is 4.76. The molecule has 0 aromatic heterocycles. The van der Waals surface area contributed by atoms with Crippen LogP contribution in [0.1, 0.15) is 5.56 Å². The Hall–Kier alpha value is -1.07. The van der Waals surface area contributed by atoms with Gasteiger partial charge >= 0.3 is 0 Å². The molecular weight excluding hydrogens is 277 g/mol. The lowest BCUT2D eigenvalue weighted by Crippen LogP contribution is -1.98. The minimum atomic E-state index is -0.482. The predicted octanol–water partition coefficient (Wildman–Crippen LogP) is 2.58. The van der Waals surface area contributed by atoms with Crippen LogP contribution in [0.4, 0.5) is 4.39 Å². The zero-order valence-electron chi connectivity index (χ0n) is 9.09. The summed E-state index contributed by atoms with van der Waals surface area (Å²) in [5.41, 5.74) is 6.07. The van der Waals surface area contributed by atoms with Gasteiger partial charge in [-0.2, -0.15) is 0 Å². The molecule has 0 heterocycles. The van der Waals surface area contributed by atoms with Gasteiger partial charge in [0.15, 0.2) is 17.3 Å². The van der Waals surface area contributed by atoms with E-state index in [1.165, 1.54) is 14.2 Å². The predicted molar refractivity (Wildman–Crippen MR) is 65.3 cm³/mol. The van der Waals surface area contributed by atoms with E-state index in [4.69, 9.17) is 15.2 Å². The third kappa shape index (κ3) is 2.54. The number of benzene rings is 1. The molecule has 1 rings (SSSR count). The Morgan fingerprint density at radius 1 is 1.38 bits per heavy atom. The van der Waals surface area contributed by atoms with E-state index < -0.39 is 5.82 Å². The number of methoxy groups -OCH3 is 2. The molecule has 16 heavy (non-hydrogen) atoms. The molecule has 1 aromatic carbocycles. The first-order chi connectivity index (χ1) is 7.65. The van der Waals surface area contributed by atoms with E-state index in [2.05, 4.69) is 15.9 Å². The van der Waals surface area contributed by atoms with E-state index in [-0.39, 0.29) is 5.75 Å². The molecule has 0 aliphatic heterocycles. The molecule has 0 aliphatic carbocycles. The lowest BCUT2D eigenvalue weighted by atomic mass is 10.1. The topological polar surface area (TPSA) is 44.5 Å². The molecule has 0 fully saturated rings. The van der Waals surface area contributed by atoms with Crippen LogP contribution >= 0.6 is 15.9 Å². The first-order valence-corrected chi connectivity index (χ1v) is 5.41. The molecular formula is C11H13BrFNO2. The highest BCUT2D eigenvalue weighted by Crippen LogP contribution is 2.38. The Morgan fingerprint density at radius 3 is 2.50 bits per heavy atom. The second kappa shape index (κ2) is 5.86. The van der Waals surface area contributed by atoms with Crippen LogP contribution in [0.3, 0.4) is 0 Å². The number of halogens is 2. The number of nitrogens with two attached hydrogens (primary N) is 1. The van der Waals surface area contributed by atoms with Gasteiger partial charge in [-0.25, -0.2) is 4.39 Å². The van der Waals surface area contributed by atoms with Gasteiger partial charge in [-0.15, -0.1) is 0 Å². The maximum atomic E-state index is 13.7. The minimum Gasteiger partial charge on any atom is -0.492 e. The molecule has 0 bridgehead atoms. The summed E-state index contributed by atoms with van der Waals surface area (Å²) in [6.07, 6.45) is 3.51. The highest BCUT2D eigenvalue weighted by atomic mass is 79.9. The van der Waals surface area contributed by atoms with Crippen molar-refractivity contribution in [2.45, 2.75) is 0 Å². The van der Waals surface area contributed by atoms with Gasteiger partial charge in [0, 0.05) is 12.1 Å². The van der Waals surface area contributed by atoms with Crippen molar-refractivity contribution in [3.63, 3.8) is 0 Å². The fourth-order valence-electron chi connectivity index (χ4n) is 1.32. The van der Waals surface area contributed by atoms with Crippen molar-refractivity contribution < 1.29 is 13.9 Å². The zero-order valence-corrected chi connectivity index (χ0v) is 10.7. The molecule has 0 radical (unpaired) electrons. The Bertz CT molecular complexity index is 407. The molecule has 1 aromatic rings. The Morgan fingerprint density at radius 2 is 2.00 bits per heavy atom. The monoisotopic (exact) mass is 289 g/mol. The maximum Gasteiger partial charge on any atom is 0.198 e. The fraction of sp³-hybridized carbons (Fsp3) is 0.273. The highest BCUT2D eigenvalue weighted by molar-refractivity contribution is 9.10. The number of hydrogen-bond acceptors (Lipinski definition) is 3. The van der Waals surface area contributed by atoms with Gasteiger partial charge in [0.2, 0.25) is 0 Å². The maximum absolute atomic E-state index is 13.7. The molecule has 0 saturated heterocycles. The second-order valence-electron chi connectivity index (χ2n) is 2.97. The largest absolute Gasteiger partial charge is 0.492 e. The van der Waals surface area contributed by atoms with Crippen LogP contribution in [0, 0.1) is 5.82 Å². The number of rotatable bonds is 4. The quantitative estimate of drug-likeness (QED) is 0.927. The van der Waals surface area contributed by atoms with Crippen LogP contribution in [0.2, 0.25) is 0 Å². The standard InChI is InChI=1S/C11H13BrFNO2/c1-15-10-7(4-3-5-14)6-8(12)9(13)11(10)16-2/h3-4,6H,5,14H2,1-2H3/b4-3+. The van der Waals surface area contributed by atoms with Crippen LogP contribution in [-0.2, 0) is 0 Å². The van der Waals surface area contributed by atoms with Crippen molar-refractivity contribution in [1.82, 2.24) is 0 Å². The SMILES string of the molecule is COc1c(/C=C/CN)cc(Br)c(F)c1OC. The van der Waals surface area contributed by atoms with E-state index in [9.17, 15) is 4.39 Å². The van der Waals surface area contributed by atoms with Crippen LogP contribution in [-0.4, -0.2) is 20.8 Å². The van der Waals surface area contributed by atoms with Crippen molar-refractivity contribution in [3.8, 4) is 11.5 Å². The van der Waals surface area contributed by atoms with Crippen molar-refractivity contribution in [2.24, 2.45) is 5.73 Å². The van der Waals surface area contributed by atoms with E-state index in [1.54, 1.807) is 18.2 Å².